The zero-order chi connectivity index (χ0) is 66.4. The van der Waals surface area contributed by atoms with Crippen LogP contribution in [0.1, 0.15) is 13.8 Å². The van der Waals surface area contributed by atoms with Crippen molar-refractivity contribution in [1.82, 2.24) is 29.9 Å². The number of halogens is 3. The van der Waals surface area contributed by atoms with Crippen LogP contribution in [0.4, 0.5) is 73.2 Å². The van der Waals surface area contributed by atoms with Crippen LogP contribution in [0.15, 0.2) is 203 Å². The van der Waals surface area contributed by atoms with Gasteiger partial charge in [0.2, 0.25) is 23.6 Å². The van der Waals surface area contributed by atoms with Gasteiger partial charge in [0.05, 0.1) is 43.4 Å². The third-order valence-corrected chi connectivity index (χ3v) is 13.7. The smallest absolute Gasteiger partial charge is 0.250 e. The number of morpholine rings is 1. The number of methoxy groups -OCH3 is 1. The van der Waals surface area contributed by atoms with Crippen molar-refractivity contribution in [3.8, 4) is 34.8 Å². The highest BCUT2D eigenvalue weighted by Gasteiger charge is 2.34. The van der Waals surface area contributed by atoms with Crippen LogP contribution in [0.2, 0.25) is 10.0 Å². The maximum atomic E-state index is 14.2. The zero-order valence-electron chi connectivity index (χ0n) is 51.3. The monoisotopic (exact) mass is 1310 g/mol. The molecule has 0 spiro atoms. The Hall–Kier alpha value is -11.2. The van der Waals surface area contributed by atoms with Gasteiger partial charge in [-0.1, -0.05) is 61.1 Å². The van der Waals surface area contributed by atoms with Gasteiger partial charge in [0, 0.05) is 82.9 Å². The SMILES string of the molecule is C=CC(=O)N1CC(C)(C)Oc2ccc(Nc3cc(Oc4cccc(Cl)c4)ncn3)cc21.C=CC(=O)Nc1cc(Nc2cc(Oc3cccc(Cl)c3)ncn2)ccc1N1CCOCC1.C=CC(=O)Nc1cccc(Nc2cc(Nc3ccc(OCCOC)c(F)c3)ncn2)c1. The number of rotatable bonds is 22. The van der Waals surface area contributed by atoms with Crippen LogP contribution in [0.25, 0.3) is 0 Å². The van der Waals surface area contributed by atoms with Crippen molar-refractivity contribution in [2.75, 3.05) is 94.9 Å². The van der Waals surface area contributed by atoms with Crippen molar-refractivity contribution in [2.24, 2.45) is 0 Å². The molecule has 26 heteroatoms. The van der Waals surface area contributed by atoms with E-state index in [1.54, 1.807) is 103 Å². The molecule has 23 nitrogen and oxygen atoms in total. The van der Waals surface area contributed by atoms with E-state index < -0.39 is 11.4 Å². The number of anilines is 12. The molecule has 11 rings (SSSR count). The molecule has 2 aliphatic heterocycles. The van der Waals surface area contributed by atoms with Crippen molar-refractivity contribution in [3.05, 3.63) is 218 Å². The molecule has 482 valence electrons. The highest BCUT2D eigenvalue weighted by atomic mass is 35.5. The molecular weight excluding hydrogens is 1250 g/mol. The Morgan fingerprint density at radius 1 is 0.585 bits per heavy atom. The molecule has 1 saturated heterocycles. The van der Waals surface area contributed by atoms with Crippen LogP contribution < -0.4 is 60.6 Å². The fraction of sp³-hybridized carbons (Fsp3) is 0.162. The van der Waals surface area contributed by atoms with Crippen LogP contribution in [-0.4, -0.2) is 106 Å². The number of hydrogen-bond acceptors (Lipinski definition) is 20. The van der Waals surface area contributed by atoms with Gasteiger partial charge in [0.25, 0.3) is 5.91 Å². The Morgan fingerprint density at radius 2 is 1.12 bits per heavy atom. The van der Waals surface area contributed by atoms with Gasteiger partial charge >= 0.3 is 0 Å². The summed E-state index contributed by atoms with van der Waals surface area (Å²) in [7, 11) is 1.55. The standard InChI is InChI=1S/C23H22ClN5O3.C23H21ClN4O3.C22H22FN5O3/c1-2-22(30)28-19-13-17(6-7-20(19)29-8-10-31-11-9-29)27-21-14-23(26-15-25-21)32-18-5-3-4-16(24)12-18;1-4-22(29)28-13-23(2,3)31-19-9-8-16(11-18(19)28)27-20-12-21(26-14-25-20)30-17-7-5-6-15(24)10-17;1-3-22(29)28-16-6-4-5-15(11-16)26-20-13-21(25-14-24-20)27-17-7-8-19(18(23)12-17)31-10-9-30-2/h2-7,12-15H,1,8-11H2,(H,28,30)(H,25,26,27);4-12,14H,1,13H2,2-3H3,(H,25,26,27);3-8,11-14H,1,9-10H2,2H3,(H,28,29)(H2,24,25,26,27). The first-order chi connectivity index (χ1) is 45.5. The predicted octanol–water partition coefficient (Wildman–Crippen LogP) is 14.2. The summed E-state index contributed by atoms with van der Waals surface area (Å²) in [6.45, 7) is 18.3. The maximum absolute atomic E-state index is 14.2. The van der Waals surface area contributed by atoms with Gasteiger partial charge in [-0.3, -0.25) is 14.4 Å². The second kappa shape index (κ2) is 32.7. The first kappa shape index (κ1) is 67.2. The van der Waals surface area contributed by atoms with Crippen LogP contribution in [0, 0.1) is 5.82 Å². The summed E-state index contributed by atoms with van der Waals surface area (Å²) in [5.74, 6) is 3.47. The molecule has 94 heavy (non-hydrogen) atoms. The highest BCUT2D eigenvalue weighted by Crippen LogP contribution is 2.40. The van der Waals surface area contributed by atoms with E-state index in [0.717, 1.165) is 35.8 Å². The molecule has 0 unspecified atom stereocenters. The number of fused-ring (bicyclic) bond motifs is 1. The van der Waals surface area contributed by atoms with Gasteiger partial charge in [-0.15, -0.1) is 0 Å². The Bertz CT molecular complexity index is 4160. The number of hydrogen-bond donors (Lipinski definition) is 6. The fourth-order valence-electron chi connectivity index (χ4n) is 9.09. The number of nitrogens with zero attached hydrogens (tertiary/aromatic N) is 8. The molecule has 0 aliphatic carbocycles. The quantitative estimate of drug-likeness (QED) is 0.0272. The van der Waals surface area contributed by atoms with Crippen LogP contribution in [0.3, 0.4) is 0 Å². The summed E-state index contributed by atoms with van der Waals surface area (Å²) in [4.78, 5) is 64.8. The van der Waals surface area contributed by atoms with Crippen LogP contribution >= 0.6 is 23.2 Å². The second-order valence-electron chi connectivity index (χ2n) is 20.8. The lowest BCUT2D eigenvalue weighted by atomic mass is 10.0. The van der Waals surface area contributed by atoms with Crippen molar-refractivity contribution in [2.45, 2.75) is 19.4 Å². The Morgan fingerprint density at radius 3 is 1.70 bits per heavy atom. The summed E-state index contributed by atoms with van der Waals surface area (Å²) in [5.41, 5.74) is 5.08. The molecule has 0 atom stereocenters. The van der Waals surface area contributed by atoms with Crippen molar-refractivity contribution < 1.29 is 47.2 Å². The van der Waals surface area contributed by atoms with Crippen molar-refractivity contribution in [3.63, 3.8) is 0 Å². The highest BCUT2D eigenvalue weighted by molar-refractivity contribution is 6.31. The molecule has 9 aromatic rings. The number of carbonyl (C=O) groups excluding carboxylic acids is 3. The number of ether oxygens (including phenoxy) is 6. The first-order valence-electron chi connectivity index (χ1n) is 29.0. The molecule has 3 amide bonds. The number of benzene rings is 6. The topological polar surface area (TPSA) is 263 Å². The molecule has 1 fully saturated rings. The van der Waals surface area contributed by atoms with E-state index in [-0.39, 0.29) is 30.1 Å². The van der Waals surface area contributed by atoms with Crippen LogP contribution in [-0.2, 0) is 23.9 Å². The number of nitrogens with one attached hydrogen (secondary N) is 6. The zero-order valence-corrected chi connectivity index (χ0v) is 52.8. The van der Waals surface area contributed by atoms with E-state index >= 15 is 0 Å². The van der Waals surface area contributed by atoms with E-state index in [2.05, 4.69) is 86.4 Å². The number of aromatic nitrogens is 6. The van der Waals surface area contributed by atoms with E-state index in [0.29, 0.717) is 111 Å². The molecule has 5 heterocycles. The lowest BCUT2D eigenvalue weighted by Gasteiger charge is -2.39. The predicted molar refractivity (Wildman–Crippen MR) is 363 cm³/mol. The molecule has 2 aliphatic rings. The molecule has 0 bridgehead atoms. The molecule has 0 saturated carbocycles. The third kappa shape index (κ3) is 19.9. The number of carbonyl (C=O) groups is 3. The first-order valence-corrected chi connectivity index (χ1v) is 29.8. The summed E-state index contributed by atoms with van der Waals surface area (Å²) in [6.07, 6.45) is 7.93. The van der Waals surface area contributed by atoms with Gasteiger partial charge in [-0.2, -0.15) is 0 Å². The van der Waals surface area contributed by atoms with Gasteiger partial charge < -0.3 is 70.1 Å². The largest absolute Gasteiger partial charge is 0.488 e. The third-order valence-electron chi connectivity index (χ3n) is 13.3. The summed E-state index contributed by atoms with van der Waals surface area (Å²) < 4.78 is 47.4. The molecule has 6 N–H and O–H groups in total. The van der Waals surface area contributed by atoms with E-state index in [1.165, 1.54) is 49.3 Å². The number of amides is 3. The Kier molecular flexibility index (Phi) is 23.4. The summed E-state index contributed by atoms with van der Waals surface area (Å²) >= 11 is 12.0. The van der Waals surface area contributed by atoms with Gasteiger partial charge in [0.15, 0.2) is 11.6 Å². The van der Waals surface area contributed by atoms with Gasteiger partial charge in [0.1, 0.15) is 71.7 Å². The van der Waals surface area contributed by atoms with Gasteiger partial charge in [-0.05, 0) is 135 Å². The van der Waals surface area contributed by atoms with E-state index in [4.69, 9.17) is 51.6 Å². The molecule has 0 radical (unpaired) electrons. The molecule has 3 aromatic heterocycles. The normalized spacial score (nSPS) is 12.6. The summed E-state index contributed by atoms with van der Waals surface area (Å²) in [5, 5.41) is 19.3. The molecule has 6 aromatic carbocycles. The maximum Gasteiger partial charge on any atom is 0.250 e. The lowest BCUT2D eigenvalue weighted by Crippen LogP contribution is -2.48. The van der Waals surface area contributed by atoms with Crippen molar-refractivity contribution in [1.29, 1.82) is 0 Å². The Balaban J connectivity index is 0.000000166. The average molecular weight is 1310 g/mol. The second-order valence-corrected chi connectivity index (χ2v) is 21.7. The average Bonchev–Trinajstić information content (AvgIpc) is 0.817. The van der Waals surface area contributed by atoms with E-state index in [1.807, 2.05) is 56.3 Å². The minimum Gasteiger partial charge on any atom is -0.488 e. The van der Waals surface area contributed by atoms with Crippen molar-refractivity contribution >= 4 is 110 Å². The Labute approximate surface area is 551 Å². The summed E-state index contributed by atoms with van der Waals surface area (Å²) in [6, 6.07) is 42.1. The minimum atomic E-state index is -0.500. The lowest BCUT2D eigenvalue weighted by molar-refractivity contribution is -0.115. The minimum absolute atomic E-state index is 0.149. The van der Waals surface area contributed by atoms with Gasteiger partial charge in [-0.25, -0.2) is 34.3 Å². The fourth-order valence-corrected chi connectivity index (χ4v) is 9.45. The van der Waals surface area contributed by atoms with Crippen LogP contribution in [0.5, 0.6) is 34.8 Å². The van der Waals surface area contributed by atoms with E-state index in [9.17, 15) is 18.8 Å². The molecular formula is C68H65Cl2FN14O9.